The van der Waals surface area contributed by atoms with Crippen LogP contribution in [-0.2, 0) is 0 Å². The summed E-state index contributed by atoms with van der Waals surface area (Å²) >= 11 is 0. The van der Waals surface area contributed by atoms with Crippen LogP contribution in [0.25, 0.3) is 0 Å². The van der Waals surface area contributed by atoms with Crippen LogP contribution >= 0.6 is 0 Å². The predicted molar refractivity (Wildman–Crippen MR) is 80.7 cm³/mol. The first-order chi connectivity index (χ1) is 8.50. The van der Waals surface area contributed by atoms with Crippen molar-refractivity contribution in [1.82, 2.24) is 4.90 Å². The molecule has 18 heavy (non-hydrogen) atoms. The Balaban J connectivity index is 2.38. The van der Waals surface area contributed by atoms with E-state index in [1.165, 1.54) is 45.2 Å². The molecule has 0 spiro atoms. The van der Waals surface area contributed by atoms with Crippen molar-refractivity contribution >= 4 is 0 Å². The summed E-state index contributed by atoms with van der Waals surface area (Å²) in [5, 5.41) is 0. The molecule has 108 valence electrons. The first kappa shape index (κ1) is 16.0. The molecule has 0 bridgehead atoms. The molecule has 1 rings (SSSR count). The number of hydrogen-bond acceptors (Lipinski definition) is 2. The van der Waals surface area contributed by atoms with Gasteiger partial charge in [0.25, 0.3) is 0 Å². The van der Waals surface area contributed by atoms with E-state index in [4.69, 9.17) is 5.73 Å². The summed E-state index contributed by atoms with van der Waals surface area (Å²) in [4.78, 5) is 2.73. The minimum atomic E-state index is 0.368. The van der Waals surface area contributed by atoms with Gasteiger partial charge in [-0.15, -0.1) is 0 Å². The second kappa shape index (κ2) is 8.16. The monoisotopic (exact) mass is 254 g/mol. The van der Waals surface area contributed by atoms with Gasteiger partial charge >= 0.3 is 0 Å². The van der Waals surface area contributed by atoms with E-state index in [1.54, 1.807) is 0 Å². The van der Waals surface area contributed by atoms with Gasteiger partial charge in [-0.25, -0.2) is 0 Å². The fraction of sp³-hybridized carbons (Fsp3) is 1.00. The summed E-state index contributed by atoms with van der Waals surface area (Å²) < 4.78 is 0. The van der Waals surface area contributed by atoms with E-state index in [2.05, 4.69) is 32.6 Å². The molecule has 0 aliphatic heterocycles. The maximum atomic E-state index is 6.19. The molecule has 1 fully saturated rings. The fourth-order valence-corrected chi connectivity index (χ4v) is 2.82. The zero-order valence-electron chi connectivity index (χ0n) is 13.0. The molecule has 1 unspecified atom stereocenters. The van der Waals surface area contributed by atoms with Gasteiger partial charge in [0, 0.05) is 12.1 Å². The van der Waals surface area contributed by atoms with Crippen LogP contribution in [0.15, 0.2) is 0 Å². The van der Waals surface area contributed by atoms with E-state index in [0.717, 1.165) is 18.4 Å². The molecule has 0 aromatic heterocycles. The smallest absolute Gasteiger partial charge is 0.00952 e. The van der Waals surface area contributed by atoms with Crippen molar-refractivity contribution in [2.45, 2.75) is 78.3 Å². The maximum Gasteiger partial charge on any atom is 0.00952 e. The molecule has 1 aliphatic carbocycles. The van der Waals surface area contributed by atoms with Crippen molar-refractivity contribution in [3.63, 3.8) is 0 Å². The Labute approximate surface area is 114 Å². The number of hydrogen-bond donors (Lipinski definition) is 1. The second-order valence-corrected chi connectivity index (χ2v) is 6.85. The summed E-state index contributed by atoms with van der Waals surface area (Å²) in [6.07, 6.45) is 8.17. The normalized spacial score (nSPS) is 19.3. The Morgan fingerprint density at radius 1 is 1.00 bits per heavy atom. The molecular weight excluding hydrogens is 220 g/mol. The highest BCUT2D eigenvalue weighted by Crippen LogP contribution is 2.24. The quantitative estimate of drug-likeness (QED) is 0.716. The highest BCUT2D eigenvalue weighted by molar-refractivity contribution is 4.79. The average molecular weight is 254 g/mol. The van der Waals surface area contributed by atoms with Gasteiger partial charge in [0.1, 0.15) is 0 Å². The van der Waals surface area contributed by atoms with E-state index in [9.17, 15) is 0 Å². The topological polar surface area (TPSA) is 29.3 Å². The van der Waals surface area contributed by atoms with Gasteiger partial charge in [0.2, 0.25) is 0 Å². The van der Waals surface area contributed by atoms with Crippen LogP contribution in [0, 0.1) is 11.8 Å². The third kappa shape index (κ3) is 5.71. The van der Waals surface area contributed by atoms with E-state index in [-0.39, 0.29) is 0 Å². The molecule has 0 amide bonds. The second-order valence-electron chi connectivity index (χ2n) is 6.85. The number of rotatable bonds is 8. The first-order valence-corrected chi connectivity index (χ1v) is 8.00. The van der Waals surface area contributed by atoms with Gasteiger partial charge in [-0.05, 0) is 50.6 Å². The van der Waals surface area contributed by atoms with Crippen LogP contribution < -0.4 is 5.73 Å². The minimum Gasteiger partial charge on any atom is -0.327 e. The summed E-state index contributed by atoms with van der Waals surface area (Å²) in [7, 11) is 0. The molecule has 0 aromatic carbocycles. The molecule has 2 heteroatoms. The van der Waals surface area contributed by atoms with Crippen molar-refractivity contribution in [3.05, 3.63) is 0 Å². The van der Waals surface area contributed by atoms with Gasteiger partial charge in [0.15, 0.2) is 0 Å². The third-order valence-corrected chi connectivity index (χ3v) is 4.44. The average Bonchev–Trinajstić information content (AvgIpc) is 2.81. The molecule has 0 heterocycles. The lowest BCUT2D eigenvalue weighted by Gasteiger charge is -2.31. The molecule has 0 radical (unpaired) electrons. The Kier molecular flexibility index (Phi) is 7.25. The lowest BCUT2D eigenvalue weighted by molar-refractivity contribution is 0.178. The van der Waals surface area contributed by atoms with Crippen molar-refractivity contribution in [1.29, 1.82) is 0 Å². The van der Waals surface area contributed by atoms with Crippen LogP contribution in [-0.4, -0.2) is 30.1 Å². The van der Waals surface area contributed by atoms with Gasteiger partial charge < -0.3 is 10.6 Å². The van der Waals surface area contributed by atoms with Crippen LogP contribution in [0.4, 0.5) is 0 Å². The Hall–Kier alpha value is -0.0800. The van der Waals surface area contributed by atoms with Gasteiger partial charge in [-0.2, -0.15) is 0 Å². The molecule has 0 aromatic rings. The van der Waals surface area contributed by atoms with Crippen LogP contribution in [0.5, 0.6) is 0 Å². The molecule has 1 aliphatic rings. The third-order valence-electron chi connectivity index (χ3n) is 4.44. The molecule has 2 nitrogen and oxygen atoms in total. The molecule has 1 saturated carbocycles. The van der Waals surface area contributed by atoms with Crippen molar-refractivity contribution in [3.8, 4) is 0 Å². The van der Waals surface area contributed by atoms with Crippen LogP contribution in [0.1, 0.15) is 66.2 Å². The summed E-state index contributed by atoms with van der Waals surface area (Å²) in [6.45, 7) is 11.6. The van der Waals surface area contributed by atoms with E-state index >= 15 is 0 Å². The maximum absolute atomic E-state index is 6.19. The fourth-order valence-electron chi connectivity index (χ4n) is 2.82. The molecule has 2 N–H and O–H groups in total. The Morgan fingerprint density at radius 2 is 1.56 bits per heavy atom. The SMILES string of the molecule is CC(C)CCN(CCC(N)C(C)C)C1CCCC1. The molecule has 1 atom stereocenters. The van der Waals surface area contributed by atoms with Crippen molar-refractivity contribution < 1.29 is 0 Å². The molecule has 0 saturated heterocycles. The minimum absolute atomic E-state index is 0.368. The van der Waals surface area contributed by atoms with E-state index < -0.39 is 0 Å². The lowest BCUT2D eigenvalue weighted by Crippen LogP contribution is -2.39. The van der Waals surface area contributed by atoms with E-state index in [0.29, 0.717) is 12.0 Å². The largest absolute Gasteiger partial charge is 0.327 e. The zero-order valence-corrected chi connectivity index (χ0v) is 13.0. The standard InChI is InChI=1S/C16H34N2/c1-13(2)9-11-18(15-7-5-6-8-15)12-10-16(17)14(3)4/h13-16H,5-12,17H2,1-4H3. The predicted octanol–water partition coefficient (Wildman–Crippen LogP) is 3.65. The van der Waals surface area contributed by atoms with Gasteiger partial charge in [-0.3, -0.25) is 0 Å². The zero-order chi connectivity index (χ0) is 13.5. The molecular formula is C16H34N2. The van der Waals surface area contributed by atoms with Gasteiger partial charge in [0.05, 0.1) is 0 Å². The summed E-state index contributed by atoms with van der Waals surface area (Å²) in [5.41, 5.74) is 6.19. The van der Waals surface area contributed by atoms with Crippen molar-refractivity contribution in [2.24, 2.45) is 17.6 Å². The summed E-state index contributed by atoms with van der Waals surface area (Å²) in [6, 6.07) is 1.22. The van der Waals surface area contributed by atoms with Gasteiger partial charge in [-0.1, -0.05) is 40.5 Å². The summed E-state index contributed by atoms with van der Waals surface area (Å²) in [5.74, 6) is 1.42. The lowest BCUT2D eigenvalue weighted by atomic mass is 10.0. The van der Waals surface area contributed by atoms with Crippen LogP contribution in [0.3, 0.4) is 0 Å². The van der Waals surface area contributed by atoms with E-state index in [1.807, 2.05) is 0 Å². The number of nitrogens with zero attached hydrogens (tertiary/aromatic N) is 1. The van der Waals surface area contributed by atoms with Crippen molar-refractivity contribution in [2.75, 3.05) is 13.1 Å². The first-order valence-electron chi connectivity index (χ1n) is 8.00. The number of nitrogens with two attached hydrogens (primary N) is 1. The highest BCUT2D eigenvalue weighted by atomic mass is 15.2. The highest BCUT2D eigenvalue weighted by Gasteiger charge is 2.23. The van der Waals surface area contributed by atoms with Crippen LogP contribution in [0.2, 0.25) is 0 Å². The Bertz CT molecular complexity index is 207. The Morgan fingerprint density at radius 3 is 2.06 bits per heavy atom.